The van der Waals surface area contributed by atoms with Crippen molar-refractivity contribution in [3.05, 3.63) is 40.8 Å². The molecule has 0 radical (unpaired) electrons. The Kier molecular flexibility index (Phi) is 3.68. The third-order valence-corrected chi connectivity index (χ3v) is 4.16. The second-order valence-electron chi connectivity index (χ2n) is 4.93. The van der Waals surface area contributed by atoms with Crippen LogP contribution in [0.3, 0.4) is 0 Å². The Balaban J connectivity index is 1.85. The number of hydrogen-bond donors (Lipinski definition) is 2. The van der Waals surface area contributed by atoms with Gasteiger partial charge in [-0.3, -0.25) is 0 Å². The number of rotatable bonds is 2. The summed E-state index contributed by atoms with van der Waals surface area (Å²) in [7, 11) is 2.14. The van der Waals surface area contributed by atoms with E-state index in [4.69, 9.17) is 0 Å². The average Bonchev–Trinajstić information content (AvgIpc) is 2.89. The van der Waals surface area contributed by atoms with Gasteiger partial charge in [-0.2, -0.15) is 0 Å². The van der Waals surface area contributed by atoms with Crippen molar-refractivity contribution in [2.24, 2.45) is 0 Å². The summed E-state index contributed by atoms with van der Waals surface area (Å²) in [4.78, 5) is 10.3. The van der Waals surface area contributed by atoms with E-state index in [0.717, 1.165) is 41.2 Å². The van der Waals surface area contributed by atoms with Gasteiger partial charge in [-0.15, -0.1) is 0 Å². The summed E-state index contributed by atoms with van der Waals surface area (Å²) in [5.41, 5.74) is 2.20. The molecule has 2 aromatic rings. The highest BCUT2D eigenvalue weighted by molar-refractivity contribution is 9.10. The molecule has 100 valence electrons. The van der Waals surface area contributed by atoms with Crippen LogP contribution in [0.2, 0.25) is 0 Å². The van der Waals surface area contributed by atoms with E-state index in [0.29, 0.717) is 0 Å². The van der Waals surface area contributed by atoms with Gasteiger partial charge < -0.3 is 15.2 Å². The number of aromatic nitrogens is 2. The van der Waals surface area contributed by atoms with Crippen molar-refractivity contribution in [2.45, 2.75) is 6.04 Å². The van der Waals surface area contributed by atoms with Gasteiger partial charge in [-0.05, 0) is 13.1 Å². The van der Waals surface area contributed by atoms with Crippen LogP contribution in [-0.2, 0) is 0 Å². The minimum Gasteiger partial charge on any atom is -0.341 e. The largest absolute Gasteiger partial charge is 0.341 e. The Hall–Kier alpha value is -1.17. The Morgan fingerprint density at radius 1 is 1.37 bits per heavy atom. The van der Waals surface area contributed by atoms with Crippen molar-refractivity contribution in [1.82, 2.24) is 20.2 Å². The Morgan fingerprint density at radius 3 is 3.00 bits per heavy atom. The normalized spacial score (nSPS) is 20.6. The molecule has 3 rings (SSSR count). The van der Waals surface area contributed by atoms with Crippen molar-refractivity contribution in [3.63, 3.8) is 0 Å². The molecule has 1 saturated heterocycles. The third-order valence-electron chi connectivity index (χ3n) is 3.47. The van der Waals surface area contributed by atoms with Gasteiger partial charge in [0.2, 0.25) is 0 Å². The Bertz CT molecular complexity index is 566. The van der Waals surface area contributed by atoms with E-state index < -0.39 is 0 Å². The smallest absolute Gasteiger partial charge is 0.125 e. The minimum atomic E-state index is 0.287. The van der Waals surface area contributed by atoms with Crippen LogP contribution in [0.5, 0.6) is 0 Å². The standard InChI is InChI=1S/C14H17BrN4/c1-19-7-6-16-13(9-19)14-17-8-12(18-14)10-4-2-3-5-11(10)15/h2-5,8,13,16H,6-7,9H2,1H3,(H,17,18). The zero-order chi connectivity index (χ0) is 13.2. The first-order chi connectivity index (χ1) is 9.24. The number of nitrogens with one attached hydrogen (secondary N) is 2. The van der Waals surface area contributed by atoms with E-state index in [1.165, 1.54) is 0 Å². The molecule has 5 heteroatoms. The first-order valence-electron chi connectivity index (χ1n) is 6.46. The van der Waals surface area contributed by atoms with E-state index in [1.54, 1.807) is 0 Å². The molecule has 2 N–H and O–H groups in total. The summed E-state index contributed by atoms with van der Waals surface area (Å²) in [6.45, 7) is 3.09. The molecule has 1 aliphatic rings. The van der Waals surface area contributed by atoms with Gasteiger partial charge in [0, 0.05) is 29.7 Å². The van der Waals surface area contributed by atoms with Crippen LogP contribution in [-0.4, -0.2) is 41.5 Å². The molecule has 1 aliphatic heterocycles. The lowest BCUT2D eigenvalue weighted by molar-refractivity contribution is 0.236. The monoisotopic (exact) mass is 320 g/mol. The first kappa shape index (κ1) is 12.8. The van der Waals surface area contributed by atoms with E-state index >= 15 is 0 Å². The summed E-state index contributed by atoms with van der Waals surface area (Å²) >= 11 is 3.58. The summed E-state index contributed by atoms with van der Waals surface area (Å²) in [5, 5.41) is 3.50. The Morgan fingerprint density at radius 2 is 2.21 bits per heavy atom. The van der Waals surface area contributed by atoms with Crippen molar-refractivity contribution < 1.29 is 0 Å². The average molecular weight is 321 g/mol. The van der Waals surface area contributed by atoms with Gasteiger partial charge in [-0.1, -0.05) is 34.1 Å². The fraction of sp³-hybridized carbons (Fsp3) is 0.357. The van der Waals surface area contributed by atoms with Crippen LogP contribution in [0, 0.1) is 0 Å². The van der Waals surface area contributed by atoms with Crippen molar-refractivity contribution in [1.29, 1.82) is 0 Å². The summed E-state index contributed by atoms with van der Waals surface area (Å²) in [6.07, 6.45) is 1.91. The number of nitrogens with zero attached hydrogens (tertiary/aromatic N) is 2. The molecule has 19 heavy (non-hydrogen) atoms. The topological polar surface area (TPSA) is 44.0 Å². The van der Waals surface area contributed by atoms with Gasteiger partial charge in [0.25, 0.3) is 0 Å². The molecule has 1 aromatic heterocycles. The summed E-state index contributed by atoms with van der Waals surface area (Å²) in [6, 6.07) is 8.47. The maximum atomic E-state index is 4.53. The SMILES string of the molecule is CN1CCNC(c2ncc(-c3ccccc3Br)[nH]2)C1. The highest BCUT2D eigenvalue weighted by atomic mass is 79.9. The van der Waals surface area contributed by atoms with Crippen molar-refractivity contribution in [2.75, 3.05) is 26.7 Å². The summed E-state index contributed by atoms with van der Waals surface area (Å²) in [5.74, 6) is 1.01. The molecule has 0 bridgehead atoms. The zero-order valence-corrected chi connectivity index (χ0v) is 12.4. The Labute approximate surface area is 121 Å². The number of likely N-dealkylation sites (N-methyl/N-ethyl adjacent to an activating group) is 1. The molecule has 1 unspecified atom stereocenters. The molecule has 0 saturated carbocycles. The lowest BCUT2D eigenvalue weighted by Crippen LogP contribution is -2.44. The van der Waals surface area contributed by atoms with E-state index in [1.807, 2.05) is 24.4 Å². The molecule has 0 spiro atoms. The van der Waals surface area contributed by atoms with Crippen molar-refractivity contribution in [3.8, 4) is 11.3 Å². The van der Waals surface area contributed by atoms with Crippen molar-refractivity contribution >= 4 is 15.9 Å². The maximum Gasteiger partial charge on any atom is 0.125 e. The molecule has 2 heterocycles. The second kappa shape index (κ2) is 5.45. The van der Waals surface area contributed by atoms with Crippen LogP contribution < -0.4 is 5.32 Å². The van der Waals surface area contributed by atoms with Gasteiger partial charge >= 0.3 is 0 Å². The van der Waals surface area contributed by atoms with Gasteiger partial charge in [0.15, 0.2) is 0 Å². The fourth-order valence-electron chi connectivity index (χ4n) is 2.41. The number of aromatic amines is 1. The third kappa shape index (κ3) is 2.73. The van der Waals surface area contributed by atoms with Gasteiger partial charge in [-0.25, -0.2) is 4.98 Å². The highest BCUT2D eigenvalue weighted by Gasteiger charge is 2.21. The van der Waals surface area contributed by atoms with Crippen LogP contribution in [0.25, 0.3) is 11.3 Å². The molecule has 0 aliphatic carbocycles. The number of hydrogen-bond acceptors (Lipinski definition) is 3. The highest BCUT2D eigenvalue weighted by Crippen LogP contribution is 2.27. The first-order valence-corrected chi connectivity index (χ1v) is 7.25. The van der Waals surface area contributed by atoms with E-state index in [-0.39, 0.29) is 6.04 Å². The van der Waals surface area contributed by atoms with Crippen LogP contribution in [0.1, 0.15) is 11.9 Å². The minimum absolute atomic E-state index is 0.287. The van der Waals surface area contributed by atoms with Gasteiger partial charge in [0.05, 0.1) is 17.9 Å². The number of imidazole rings is 1. The number of piperazine rings is 1. The number of halogens is 1. The maximum absolute atomic E-state index is 4.53. The number of benzene rings is 1. The predicted molar refractivity (Wildman–Crippen MR) is 80.0 cm³/mol. The lowest BCUT2D eigenvalue weighted by Gasteiger charge is -2.29. The van der Waals surface area contributed by atoms with Gasteiger partial charge in [0.1, 0.15) is 5.82 Å². The molecule has 1 fully saturated rings. The molecule has 1 atom stereocenters. The van der Waals surface area contributed by atoms with E-state index in [9.17, 15) is 0 Å². The molecular weight excluding hydrogens is 304 g/mol. The van der Waals surface area contributed by atoms with Crippen LogP contribution in [0.15, 0.2) is 34.9 Å². The molecule has 1 aromatic carbocycles. The van der Waals surface area contributed by atoms with Crippen LogP contribution >= 0.6 is 15.9 Å². The second-order valence-corrected chi connectivity index (χ2v) is 5.79. The predicted octanol–water partition coefficient (Wildman–Crippen LogP) is 2.42. The van der Waals surface area contributed by atoms with E-state index in [2.05, 4.69) is 49.2 Å². The lowest BCUT2D eigenvalue weighted by atomic mass is 10.2. The quantitative estimate of drug-likeness (QED) is 0.893. The zero-order valence-electron chi connectivity index (χ0n) is 10.9. The summed E-state index contributed by atoms with van der Waals surface area (Å²) < 4.78 is 1.08. The fourth-order valence-corrected chi connectivity index (χ4v) is 2.91. The molecule has 4 nitrogen and oxygen atoms in total. The van der Waals surface area contributed by atoms with Crippen LogP contribution in [0.4, 0.5) is 0 Å². The molecule has 0 amide bonds. The number of H-pyrrole nitrogens is 1. The molecular formula is C14H17BrN4.